The van der Waals surface area contributed by atoms with Crippen molar-refractivity contribution in [1.82, 2.24) is 29.5 Å². The summed E-state index contributed by atoms with van der Waals surface area (Å²) in [5, 5.41) is 21.1. The Hall–Kier alpha value is -3.61. The van der Waals surface area contributed by atoms with E-state index in [0.717, 1.165) is 10.9 Å². The first kappa shape index (κ1) is 22.8. The number of carbonyl (C=O) groups excluding carboxylic acids is 1. The summed E-state index contributed by atoms with van der Waals surface area (Å²) >= 11 is 0. The molecular formula is C24H26FN7O4. The summed E-state index contributed by atoms with van der Waals surface area (Å²) in [5.74, 6) is 0.218. The van der Waals surface area contributed by atoms with Gasteiger partial charge in [0.2, 0.25) is 0 Å². The molecular weight excluding hydrogens is 469 g/mol. The molecule has 6 rings (SSSR count). The molecule has 2 aliphatic rings. The van der Waals surface area contributed by atoms with Crippen LogP contribution >= 0.6 is 0 Å². The van der Waals surface area contributed by atoms with Gasteiger partial charge in [0.25, 0.3) is 5.91 Å². The number of aliphatic hydroxyl groups is 1. The van der Waals surface area contributed by atoms with Crippen molar-refractivity contribution in [2.75, 3.05) is 38.8 Å². The molecule has 6 heterocycles. The molecule has 0 saturated carbocycles. The van der Waals surface area contributed by atoms with E-state index >= 15 is 0 Å². The fourth-order valence-corrected chi connectivity index (χ4v) is 4.91. The predicted molar refractivity (Wildman–Crippen MR) is 129 cm³/mol. The maximum Gasteiger partial charge on any atom is 0.257 e. The Bertz CT molecular complexity index is 1440. The lowest BCUT2D eigenvalue weighted by Gasteiger charge is -2.27. The molecule has 1 unspecified atom stereocenters. The van der Waals surface area contributed by atoms with Crippen LogP contribution in [0.5, 0.6) is 0 Å². The molecule has 0 radical (unpaired) electrons. The number of nitrogens with zero attached hydrogens (tertiary/aromatic N) is 5. The Morgan fingerprint density at radius 2 is 2.14 bits per heavy atom. The molecule has 4 aromatic rings. The third-order valence-electron chi connectivity index (χ3n) is 6.81. The second kappa shape index (κ2) is 9.12. The van der Waals surface area contributed by atoms with Gasteiger partial charge in [-0.15, -0.1) is 0 Å². The highest BCUT2D eigenvalue weighted by Gasteiger charge is 2.31. The number of anilines is 1. The van der Waals surface area contributed by atoms with E-state index in [9.17, 15) is 14.3 Å². The molecule has 0 bridgehead atoms. The summed E-state index contributed by atoms with van der Waals surface area (Å²) in [5.41, 5.74) is 2.63. The number of hydrogen-bond donors (Lipinski definition) is 3. The van der Waals surface area contributed by atoms with Crippen molar-refractivity contribution in [2.24, 2.45) is 0 Å². The predicted octanol–water partition coefficient (Wildman–Crippen LogP) is 1.58. The number of ether oxygens (including phenoxy) is 2. The molecule has 0 aromatic carbocycles. The van der Waals surface area contributed by atoms with Gasteiger partial charge in [0.05, 0.1) is 49.9 Å². The van der Waals surface area contributed by atoms with E-state index in [1.807, 2.05) is 29.0 Å². The summed E-state index contributed by atoms with van der Waals surface area (Å²) in [6, 6.07) is 4.69. The van der Waals surface area contributed by atoms with Gasteiger partial charge < -0.3 is 29.8 Å². The SMILES string of the molecule is CNc1cc(-c2cn([C@H]3CCOC[C@@H]3F)c3ncccc23)nc2c(C(=O)NC3COC[C@@H]3O)cnn12. The summed E-state index contributed by atoms with van der Waals surface area (Å²) in [4.78, 5) is 22.4. The highest BCUT2D eigenvalue weighted by Crippen LogP contribution is 2.35. The first-order valence-corrected chi connectivity index (χ1v) is 11.9. The van der Waals surface area contributed by atoms with Crippen LogP contribution in [-0.4, -0.2) is 87.0 Å². The highest BCUT2D eigenvalue weighted by molar-refractivity contribution is 6.01. The van der Waals surface area contributed by atoms with E-state index in [1.54, 1.807) is 17.8 Å². The second-order valence-electron chi connectivity index (χ2n) is 9.03. The summed E-state index contributed by atoms with van der Waals surface area (Å²) < 4.78 is 28.8. The number of amides is 1. The number of aliphatic hydroxyl groups excluding tert-OH is 1. The smallest absolute Gasteiger partial charge is 0.257 e. The van der Waals surface area contributed by atoms with Crippen LogP contribution in [0.4, 0.5) is 10.2 Å². The Labute approximate surface area is 205 Å². The average Bonchev–Trinajstić information content (AvgIpc) is 3.61. The highest BCUT2D eigenvalue weighted by atomic mass is 19.1. The minimum absolute atomic E-state index is 0.0512. The third kappa shape index (κ3) is 3.77. The van der Waals surface area contributed by atoms with Gasteiger partial charge >= 0.3 is 0 Å². The van der Waals surface area contributed by atoms with Crippen LogP contribution in [0, 0.1) is 0 Å². The van der Waals surface area contributed by atoms with E-state index in [0.29, 0.717) is 35.8 Å². The van der Waals surface area contributed by atoms with Crippen molar-refractivity contribution in [3.63, 3.8) is 0 Å². The lowest BCUT2D eigenvalue weighted by atomic mass is 10.1. The Morgan fingerprint density at radius 1 is 1.25 bits per heavy atom. The molecule has 4 aromatic heterocycles. The van der Waals surface area contributed by atoms with Gasteiger partial charge in [0.1, 0.15) is 23.2 Å². The monoisotopic (exact) mass is 495 g/mol. The van der Waals surface area contributed by atoms with Gasteiger partial charge in [-0.2, -0.15) is 9.61 Å². The number of carbonyl (C=O) groups is 1. The normalized spacial score (nSPS) is 24.4. The van der Waals surface area contributed by atoms with Gasteiger partial charge in [-0.25, -0.2) is 14.4 Å². The van der Waals surface area contributed by atoms with Crippen LogP contribution in [-0.2, 0) is 9.47 Å². The molecule has 36 heavy (non-hydrogen) atoms. The summed E-state index contributed by atoms with van der Waals surface area (Å²) in [6.45, 7) is 0.948. The Balaban J connectivity index is 1.46. The largest absolute Gasteiger partial charge is 0.388 e. The molecule has 2 saturated heterocycles. The second-order valence-corrected chi connectivity index (χ2v) is 9.03. The van der Waals surface area contributed by atoms with Gasteiger partial charge in [-0.3, -0.25) is 4.79 Å². The number of halogens is 1. The van der Waals surface area contributed by atoms with E-state index in [1.165, 1.54) is 6.20 Å². The maximum atomic E-state index is 14.8. The molecule has 4 atom stereocenters. The number of hydrogen-bond acceptors (Lipinski definition) is 8. The number of rotatable bonds is 5. The zero-order chi connectivity index (χ0) is 24.8. The van der Waals surface area contributed by atoms with Crippen molar-refractivity contribution < 1.29 is 23.8 Å². The van der Waals surface area contributed by atoms with Crippen LogP contribution in [0.25, 0.3) is 27.9 Å². The maximum absolute atomic E-state index is 14.8. The van der Waals surface area contributed by atoms with Crippen LogP contribution in [0.2, 0.25) is 0 Å². The van der Waals surface area contributed by atoms with Gasteiger partial charge in [-0.05, 0) is 18.6 Å². The van der Waals surface area contributed by atoms with Crippen LogP contribution in [0.15, 0.2) is 36.8 Å². The van der Waals surface area contributed by atoms with Gasteiger partial charge in [0, 0.05) is 43.1 Å². The lowest BCUT2D eigenvalue weighted by molar-refractivity contribution is 0.00443. The fraction of sp³-hybridized carbons (Fsp3) is 0.417. The molecule has 3 N–H and O–H groups in total. The molecule has 11 nitrogen and oxygen atoms in total. The zero-order valence-corrected chi connectivity index (χ0v) is 19.6. The van der Waals surface area contributed by atoms with Gasteiger partial charge in [-0.1, -0.05) is 0 Å². The lowest BCUT2D eigenvalue weighted by Crippen LogP contribution is -2.42. The van der Waals surface area contributed by atoms with Gasteiger partial charge in [0.15, 0.2) is 5.65 Å². The first-order valence-electron chi connectivity index (χ1n) is 11.9. The molecule has 2 aliphatic heterocycles. The molecule has 12 heteroatoms. The minimum Gasteiger partial charge on any atom is -0.388 e. The van der Waals surface area contributed by atoms with Crippen LogP contribution < -0.4 is 10.6 Å². The topological polar surface area (TPSA) is 128 Å². The number of nitrogens with one attached hydrogen (secondary N) is 2. The average molecular weight is 496 g/mol. The molecule has 0 aliphatic carbocycles. The van der Waals surface area contributed by atoms with Crippen LogP contribution in [0.1, 0.15) is 22.8 Å². The van der Waals surface area contributed by atoms with E-state index in [2.05, 4.69) is 20.7 Å². The number of pyridine rings is 1. The molecule has 188 valence electrons. The standard InChI is InChI=1S/C24H26FN7O4/c1-26-21-7-17(29-23-14(8-28-32(21)23)24(34)30-18-11-36-12-20(18)33)15-9-31(19-4-6-35-10-16(19)25)22-13(15)3-2-5-27-22/h2-3,5,7-9,16,18-20,26,33H,4,6,10-12H2,1H3,(H,30,34)/t16-,18?,19-,20-/m0/s1. The molecule has 1 amide bonds. The molecule has 2 fully saturated rings. The molecule has 0 spiro atoms. The minimum atomic E-state index is -1.15. The quantitative estimate of drug-likeness (QED) is 0.381. The van der Waals surface area contributed by atoms with Crippen molar-refractivity contribution in [3.05, 3.63) is 42.4 Å². The number of aromatic nitrogens is 5. The third-order valence-corrected chi connectivity index (χ3v) is 6.81. The van der Waals surface area contributed by atoms with Crippen LogP contribution in [0.3, 0.4) is 0 Å². The van der Waals surface area contributed by atoms with Crippen molar-refractivity contribution in [3.8, 4) is 11.3 Å². The fourth-order valence-electron chi connectivity index (χ4n) is 4.91. The summed E-state index contributed by atoms with van der Waals surface area (Å²) in [6.07, 6.45) is 3.64. The van der Waals surface area contributed by atoms with E-state index in [-0.39, 0.29) is 25.4 Å². The number of alkyl halides is 1. The van der Waals surface area contributed by atoms with Crippen molar-refractivity contribution >= 4 is 28.4 Å². The van der Waals surface area contributed by atoms with E-state index in [4.69, 9.17) is 14.5 Å². The van der Waals surface area contributed by atoms with Crippen molar-refractivity contribution in [2.45, 2.75) is 30.8 Å². The van der Waals surface area contributed by atoms with E-state index < -0.39 is 30.3 Å². The summed E-state index contributed by atoms with van der Waals surface area (Å²) in [7, 11) is 1.76. The Morgan fingerprint density at radius 3 is 2.92 bits per heavy atom. The van der Waals surface area contributed by atoms with Crippen molar-refractivity contribution in [1.29, 1.82) is 0 Å². The first-order chi connectivity index (χ1) is 17.5. The zero-order valence-electron chi connectivity index (χ0n) is 19.6. The number of fused-ring (bicyclic) bond motifs is 2. The Kier molecular flexibility index (Phi) is 5.78.